The number of ether oxygens (including phenoxy) is 1. The Labute approximate surface area is 130 Å². The van der Waals surface area contributed by atoms with E-state index in [0.717, 1.165) is 0 Å². The van der Waals surface area contributed by atoms with Gasteiger partial charge in [-0.1, -0.05) is 42.9 Å². The fourth-order valence-electron chi connectivity index (χ4n) is 1.27. The number of carbonyl (C=O) groups is 4. The number of urea groups is 2. The number of halogens is 1. The molecular formula is C11H18IN3O5. The summed E-state index contributed by atoms with van der Waals surface area (Å²) in [7, 11) is 1.21. The van der Waals surface area contributed by atoms with Crippen molar-refractivity contribution in [2.75, 3.05) is 11.5 Å². The highest BCUT2D eigenvalue weighted by Crippen LogP contribution is 2.08. The predicted octanol–water partition coefficient (Wildman–Crippen LogP) is 0.544. The highest BCUT2D eigenvalue weighted by molar-refractivity contribution is 14.1. The van der Waals surface area contributed by atoms with Gasteiger partial charge in [-0.05, 0) is 5.92 Å². The molecule has 0 aliphatic heterocycles. The number of esters is 1. The molecule has 0 fully saturated rings. The summed E-state index contributed by atoms with van der Waals surface area (Å²) in [5, 5.41) is 6.19. The van der Waals surface area contributed by atoms with Crippen LogP contribution in [0, 0.1) is 5.92 Å². The number of hydrogen-bond acceptors (Lipinski definition) is 5. The molecule has 0 spiro atoms. The van der Waals surface area contributed by atoms with Crippen LogP contribution < -0.4 is 16.0 Å². The Morgan fingerprint density at radius 3 is 2.20 bits per heavy atom. The third kappa shape index (κ3) is 6.68. The molecule has 0 aliphatic carbocycles. The average molecular weight is 399 g/mol. The topological polar surface area (TPSA) is 114 Å². The molecule has 8 nitrogen and oxygen atoms in total. The van der Waals surface area contributed by atoms with Crippen LogP contribution in [0.2, 0.25) is 0 Å². The third-order valence-corrected chi connectivity index (χ3v) is 3.25. The summed E-state index contributed by atoms with van der Waals surface area (Å²) in [5.41, 5.74) is 0. The van der Waals surface area contributed by atoms with Crippen molar-refractivity contribution in [3.63, 3.8) is 0 Å². The Morgan fingerprint density at radius 2 is 1.75 bits per heavy atom. The summed E-state index contributed by atoms with van der Waals surface area (Å²) < 4.78 is 4.67. The maximum absolute atomic E-state index is 11.6. The number of imide groups is 2. The molecule has 0 aliphatic rings. The molecule has 0 bridgehead atoms. The van der Waals surface area contributed by atoms with Crippen molar-refractivity contribution in [1.82, 2.24) is 16.0 Å². The van der Waals surface area contributed by atoms with Crippen LogP contribution in [0.5, 0.6) is 0 Å². The smallest absolute Gasteiger partial charge is 0.329 e. The first-order valence-corrected chi connectivity index (χ1v) is 7.43. The zero-order valence-corrected chi connectivity index (χ0v) is 13.6. The average Bonchev–Trinajstić information content (AvgIpc) is 2.42. The third-order valence-electron chi connectivity index (χ3n) is 2.56. The second-order valence-corrected chi connectivity index (χ2v) is 4.76. The largest absolute Gasteiger partial charge is 0.467 e. The van der Waals surface area contributed by atoms with Crippen molar-refractivity contribution >= 4 is 46.5 Å². The quantitative estimate of drug-likeness (QED) is 0.355. The molecule has 0 saturated heterocycles. The van der Waals surface area contributed by atoms with Crippen molar-refractivity contribution in [3.8, 4) is 0 Å². The highest BCUT2D eigenvalue weighted by Gasteiger charge is 2.27. The van der Waals surface area contributed by atoms with E-state index in [-0.39, 0.29) is 10.3 Å². The molecule has 5 amide bonds. The van der Waals surface area contributed by atoms with Crippen LogP contribution in [-0.2, 0) is 14.3 Å². The van der Waals surface area contributed by atoms with E-state index in [1.807, 2.05) is 17.6 Å². The van der Waals surface area contributed by atoms with E-state index in [1.54, 1.807) is 29.5 Å². The molecule has 0 heterocycles. The fourth-order valence-corrected chi connectivity index (χ4v) is 1.46. The molecule has 1 unspecified atom stereocenters. The lowest BCUT2D eigenvalue weighted by molar-refractivity contribution is -0.144. The Bertz CT molecular complexity index is 388. The lowest BCUT2D eigenvalue weighted by Gasteiger charge is -2.21. The van der Waals surface area contributed by atoms with Crippen LogP contribution in [0.4, 0.5) is 9.59 Å². The van der Waals surface area contributed by atoms with Gasteiger partial charge >= 0.3 is 18.0 Å². The van der Waals surface area contributed by atoms with E-state index in [1.165, 1.54) is 7.11 Å². The Kier molecular flexibility index (Phi) is 8.84. The van der Waals surface area contributed by atoms with Crippen molar-refractivity contribution in [2.45, 2.75) is 26.3 Å². The van der Waals surface area contributed by atoms with Crippen molar-refractivity contribution in [1.29, 1.82) is 0 Å². The Morgan fingerprint density at radius 1 is 1.15 bits per heavy atom. The minimum atomic E-state index is -0.947. The van der Waals surface area contributed by atoms with Crippen LogP contribution >= 0.6 is 22.6 Å². The molecule has 0 aromatic rings. The van der Waals surface area contributed by atoms with Crippen molar-refractivity contribution < 1.29 is 23.9 Å². The summed E-state index contributed by atoms with van der Waals surface area (Å²) in [4.78, 5) is 45.3. The normalized spacial score (nSPS) is 12.8. The highest BCUT2D eigenvalue weighted by atomic mass is 127. The number of alkyl halides is 1. The number of nitrogens with one attached hydrogen (secondary N) is 3. The predicted molar refractivity (Wildman–Crippen MR) is 79.4 cm³/mol. The van der Waals surface area contributed by atoms with Crippen LogP contribution in [0.1, 0.15) is 20.3 Å². The molecular weight excluding hydrogens is 381 g/mol. The van der Waals surface area contributed by atoms with E-state index in [0.29, 0.717) is 6.42 Å². The van der Waals surface area contributed by atoms with Gasteiger partial charge in [0, 0.05) is 0 Å². The summed E-state index contributed by atoms with van der Waals surface area (Å²) in [6.07, 6.45) is 0.638. The van der Waals surface area contributed by atoms with Crippen LogP contribution in [0.15, 0.2) is 0 Å². The van der Waals surface area contributed by atoms with Gasteiger partial charge < -0.3 is 10.1 Å². The van der Waals surface area contributed by atoms with Gasteiger partial charge in [0.25, 0.3) is 0 Å². The molecule has 114 valence electrons. The monoisotopic (exact) mass is 399 g/mol. The Balaban J connectivity index is 4.50. The molecule has 9 heteroatoms. The van der Waals surface area contributed by atoms with Crippen LogP contribution in [0.25, 0.3) is 0 Å². The lowest BCUT2D eigenvalue weighted by Crippen LogP contribution is -2.53. The van der Waals surface area contributed by atoms with E-state index in [2.05, 4.69) is 10.1 Å². The summed E-state index contributed by atoms with van der Waals surface area (Å²) in [5.74, 6) is -1.28. The minimum Gasteiger partial charge on any atom is -0.467 e. The van der Waals surface area contributed by atoms with Gasteiger partial charge in [0.15, 0.2) is 0 Å². The van der Waals surface area contributed by atoms with Crippen molar-refractivity contribution in [3.05, 3.63) is 0 Å². The van der Waals surface area contributed by atoms with Gasteiger partial charge in [0.2, 0.25) is 5.91 Å². The number of hydrogen-bond donors (Lipinski definition) is 3. The summed E-state index contributed by atoms with van der Waals surface area (Å²) in [6, 6.07) is -2.69. The van der Waals surface area contributed by atoms with E-state index in [9.17, 15) is 19.2 Å². The zero-order valence-electron chi connectivity index (χ0n) is 11.5. The molecule has 0 radical (unpaired) electrons. The zero-order chi connectivity index (χ0) is 15.7. The van der Waals surface area contributed by atoms with E-state index in [4.69, 9.17) is 0 Å². The number of rotatable bonds is 5. The molecule has 20 heavy (non-hydrogen) atoms. The maximum atomic E-state index is 11.6. The standard InChI is InChI=1S/C11H18IN3O5/c1-4-6(2)8(9(17)20-3)14-11(19)15-10(18)13-7(16)5-12/h6,8H,4-5H2,1-3H3,(H3,13,14,15,16,18,19)/t6?,8-/m0/s1. The first-order valence-electron chi connectivity index (χ1n) is 5.90. The second-order valence-electron chi connectivity index (χ2n) is 4.00. The molecule has 0 rings (SSSR count). The van der Waals surface area contributed by atoms with Gasteiger partial charge in [-0.15, -0.1) is 0 Å². The Hall–Kier alpha value is -1.39. The van der Waals surface area contributed by atoms with E-state index < -0.39 is 30.0 Å². The molecule has 3 N–H and O–H groups in total. The number of carbonyl (C=O) groups excluding carboxylic acids is 4. The summed E-state index contributed by atoms with van der Waals surface area (Å²) >= 11 is 1.77. The number of amides is 5. The molecule has 2 atom stereocenters. The van der Waals surface area contributed by atoms with Crippen molar-refractivity contribution in [2.24, 2.45) is 5.92 Å². The molecule has 0 aromatic carbocycles. The first-order chi connectivity index (χ1) is 9.35. The van der Waals surface area contributed by atoms with Gasteiger partial charge in [-0.25, -0.2) is 14.4 Å². The summed E-state index contributed by atoms with van der Waals surface area (Å²) in [6.45, 7) is 3.62. The lowest BCUT2D eigenvalue weighted by atomic mass is 9.99. The van der Waals surface area contributed by atoms with Gasteiger partial charge in [-0.2, -0.15) is 0 Å². The van der Waals surface area contributed by atoms with Crippen LogP contribution in [-0.4, -0.2) is 41.5 Å². The van der Waals surface area contributed by atoms with Gasteiger partial charge in [0.05, 0.1) is 11.5 Å². The van der Waals surface area contributed by atoms with E-state index >= 15 is 0 Å². The maximum Gasteiger partial charge on any atom is 0.329 e. The molecule has 0 saturated carbocycles. The van der Waals surface area contributed by atoms with Gasteiger partial charge in [-0.3, -0.25) is 15.4 Å². The number of methoxy groups -OCH3 is 1. The molecule has 0 aromatic heterocycles. The first kappa shape index (κ1) is 18.6. The second kappa shape index (κ2) is 9.50. The minimum absolute atomic E-state index is 0.0878. The van der Waals surface area contributed by atoms with Gasteiger partial charge in [0.1, 0.15) is 6.04 Å². The SMILES string of the molecule is CCC(C)[C@H](NC(=O)NC(=O)NC(=O)CI)C(=O)OC. The fraction of sp³-hybridized carbons (Fsp3) is 0.636. The van der Waals surface area contributed by atoms with Crippen LogP contribution in [0.3, 0.4) is 0 Å².